The standard InChI is InChI=1S/C26H28N4O3S/c1-4-18(3)19-8-10-20(11-9-19)27-24(31)17-34-26-29-28-25(23-7-6-16-33-23)30(26)21-12-14-22(15-13-21)32-5-2/h6-16,18H,4-5,17H2,1-3H3,(H,27,31)/t18-/m0/s1. The molecule has 0 aliphatic rings. The van der Waals surface area contributed by atoms with Crippen LogP contribution >= 0.6 is 11.8 Å². The quantitative estimate of drug-likeness (QED) is 0.276. The molecule has 2 aromatic heterocycles. The van der Waals surface area contributed by atoms with Crippen molar-refractivity contribution in [3.8, 4) is 23.0 Å². The Balaban J connectivity index is 1.50. The van der Waals surface area contributed by atoms with Crippen LogP contribution in [0.4, 0.5) is 5.69 Å². The van der Waals surface area contributed by atoms with Crippen molar-refractivity contribution in [1.82, 2.24) is 14.8 Å². The number of ether oxygens (including phenoxy) is 1. The van der Waals surface area contributed by atoms with Gasteiger partial charge in [-0.25, -0.2) is 0 Å². The molecule has 0 spiro atoms. The van der Waals surface area contributed by atoms with Crippen molar-refractivity contribution in [2.24, 2.45) is 0 Å². The molecule has 1 amide bonds. The number of aromatic nitrogens is 3. The van der Waals surface area contributed by atoms with Crippen molar-refractivity contribution in [3.05, 3.63) is 72.5 Å². The van der Waals surface area contributed by atoms with E-state index in [1.54, 1.807) is 12.3 Å². The summed E-state index contributed by atoms with van der Waals surface area (Å²) in [6, 6.07) is 19.3. The van der Waals surface area contributed by atoms with Gasteiger partial charge in [0, 0.05) is 5.69 Å². The molecule has 4 aromatic rings. The fraction of sp³-hybridized carbons (Fsp3) is 0.269. The molecule has 0 unspecified atom stereocenters. The van der Waals surface area contributed by atoms with Crippen molar-refractivity contribution >= 4 is 23.4 Å². The molecule has 0 radical (unpaired) electrons. The minimum Gasteiger partial charge on any atom is -0.494 e. The maximum atomic E-state index is 12.6. The average Bonchev–Trinajstić information content (AvgIpc) is 3.53. The summed E-state index contributed by atoms with van der Waals surface area (Å²) < 4.78 is 13.0. The Hall–Kier alpha value is -3.52. The van der Waals surface area contributed by atoms with E-state index in [-0.39, 0.29) is 11.7 Å². The molecule has 2 heterocycles. The predicted octanol–water partition coefficient (Wildman–Crippen LogP) is 6.17. The average molecular weight is 477 g/mol. The summed E-state index contributed by atoms with van der Waals surface area (Å²) in [5.74, 6) is 2.53. The number of nitrogens with one attached hydrogen (secondary N) is 1. The van der Waals surface area contributed by atoms with Crippen molar-refractivity contribution < 1.29 is 13.9 Å². The first-order valence-electron chi connectivity index (χ1n) is 11.3. The van der Waals surface area contributed by atoms with Crippen LogP contribution in [-0.2, 0) is 4.79 Å². The zero-order valence-electron chi connectivity index (χ0n) is 19.5. The Kier molecular flexibility index (Phi) is 7.69. The van der Waals surface area contributed by atoms with Crippen LogP contribution in [0.5, 0.6) is 5.75 Å². The molecule has 0 aliphatic carbocycles. The molecule has 1 atom stereocenters. The first kappa shape index (κ1) is 23.6. The van der Waals surface area contributed by atoms with Crippen LogP contribution in [0.2, 0.25) is 0 Å². The first-order valence-corrected chi connectivity index (χ1v) is 12.3. The molecular weight excluding hydrogens is 448 g/mol. The van der Waals surface area contributed by atoms with Crippen LogP contribution in [0.1, 0.15) is 38.7 Å². The van der Waals surface area contributed by atoms with Gasteiger partial charge in [-0.3, -0.25) is 9.36 Å². The highest BCUT2D eigenvalue weighted by molar-refractivity contribution is 7.99. The highest BCUT2D eigenvalue weighted by Gasteiger charge is 2.19. The normalized spacial score (nSPS) is 11.9. The number of hydrogen-bond donors (Lipinski definition) is 1. The van der Waals surface area contributed by atoms with Gasteiger partial charge < -0.3 is 14.5 Å². The van der Waals surface area contributed by atoms with E-state index in [9.17, 15) is 4.79 Å². The van der Waals surface area contributed by atoms with Gasteiger partial charge in [-0.05, 0) is 73.4 Å². The largest absolute Gasteiger partial charge is 0.494 e. The zero-order valence-corrected chi connectivity index (χ0v) is 20.3. The Labute approximate surface area is 203 Å². The third kappa shape index (κ3) is 5.51. The zero-order chi connectivity index (χ0) is 23.9. The fourth-order valence-corrected chi connectivity index (χ4v) is 4.23. The van der Waals surface area contributed by atoms with Crippen molar-refractivity contribution in [2.45, 2.75) is 38.3 Å². The van der Waals surface area contributed by atoms with Gasteiger partial charge in [-0.15, -0.1) is 10.2 Å². The molecule has 176 valence electrons. The second kappa shape index (κ2) is 11.1. The molecule has 0 saturated heterocycles. The number of furan rings is 1. The van der Waals surface area contributed by atoms with E-state index in [0.29, 0.717) is 29.3 Å². The smallest absolute Gasteiger partial charge is 0.234 e. The van der Waals surface area contributed by atoms with E-state index in [2.05, 4.69) is 41.5 Å². The molecule has 4 rings (SSSR count). The third-order valence-electron chi connectivity index (χ3n) is 5.49. The van der Waals surface area contributed by atoms with Crippen LogP contribution < -0.4 is 10.1 Å². The summed E-state index contributed by atoms with van der Waals surface area (Å²) in [6.07, 6.45) is 2.68. The van der Waals surface area contributed by atoms with Crippen LogP contribution in [0.15, 0.2) is 76.5 Å². The summed E-state index contributed by atoms with van der Waals surface area (Å²) in [5, 5.41) is 12.2. The van der Waals surface area contributed by atoms with E-state index in [0.717, 1.165) is 23.5 Å². The molecule has 1 N–H and O–H groups in total. The number of nitrogens with zero attached hydrogens (tertiary/aromatic N) is 3. The number of benzene rings is 2. The predicted molar refractivity (Wildman–Crippen MR) is 135 cm³/mol. The number of hydrogen-bond acceptors (Lipinski definition) is 6. The number of anilines is 1. The molecule has 2 aromatic carbocycles. The van der Waals surface area contributed by atoms with Crippen LogP contribution in [0.3, 0.4) is 0 Å². The van der Waals surface area contributed by atoms with Gasteiger partial charge in [0.2, 0.25) is 11.7 Å². The van der Waals surface area contributed by atoms with E-state index in [4.69, 9.17) is 9.15 Å². The van der Waals surface area contributed by atoms with Gasteiger partial charge in [0.25, 0.3) is 0 Å². The Bertz CT molecular complexity index is 1200. The molecule has 34 heavy (non-hydrogen) atoms. The Morgan fingerprint density at radius 1 is 1.09 bits per heavy atom. The van der Waals surface area contributed by atoms with Gasteiger partial charge in [-0.2, -0.15) is 0 Å². The molecule has 8 heteroatoms. The lowest BCUT2D eigenvalue weighted by molar-refractivity contribution is -0.113. The highest BCUT2D eigenvalue weighted by Crippen LogP contribution is 2.29. The molecule has 0 fully saturated rings. The summed E-state index contributed by atoms with van der Waals surface area (Å²) in [5.41, 5.74) is 2.90. The van der Waals surface area contributed by atoms with E-state index in [1.807, 2.05) is 54.0 Å². The van der Waals surface area contributed by atoms with Gasteiger partial charge >= 0.3 is 0 Å². The Morgan fingerprint density at radius 2 is 1.85 bits per heavy atom. The van der Waals surface area contributed by atoms with Crippen molar-refractivity contribution in [1.29, 1.82) is 0 Å². The maximum Gasteiger partial charge on any atom is 0.234 e. The number of carbonyl (C=O) groups excluding carboxylic acids is 1. The number of rotatable bonds is 10. The monoisotopic (exact) mass is 476 g/mol. The molecule has 7 nitrogen and oxygen atoms in total. The van der Waals surface area contributed by atoms with Crippen molar-refractivity contribution in [3.63, 3.8) is 0 Å². The van der Waals surface area contributed by atoms with Crippen molar-refractivity contribution in [2.75, 3.05) is 17.7 Å². The first-order chi connectivity index (χ1) is 16.6. The van der Waals surface area contributed by atoms with Gasteiger partial charge in [-0.1, -0.05) is 37.7 Å². The SMILES string of the molecule is CCOc1ccc(-n2c(SCC(=O)Nc3ccc([C@@H](C)CC)cc3)nnc2-c2ccco2)cc1. The summed E-state index contributed by atoms with van der Waals surface area (Å²) in [4.78, 5) is 12.6. The Morgan fingerprint density at radius 3 is 2.50 bits per heavy atom. The maximum absolute atomic E-state index is 12.6. The lowest BCUT2D eigenvalue weighted by atomic mass is 9.99. The van der Waals surface area contributed by atoms with Crippen LogP contribution in [0, 0.1) is 0 Å². The summed E-state index contributed by atoms with van der Waals surface area (Å²) in [6.45, 7) is 6.91. The topological polar surface area (TPSA) is 82.2 Å². The number of amides is 1. The molecular formula is C26H28N4O3S. The lowest BCUT2D eigenvalue weighted by Crippen LogP contribution is -2.14. The summed E-state index contributed by atoms with van der Waals surface area (Å²) >= 11 is 1.32. The van der Waals surface area contributed by atoms with Crippen LogP contribution in [0.25, 0.3) is 17.3 Å². The van der Waals surface area contributed by atoms with Crippen LogP contribution in [-0.4, -0.2) is 33.0 Å². The van der Waals surface area contributed by atoms with E-state index >= 15 is 0 Å². The summed E-state index contributed by atoms with van der Waals surface area (Å²) in [7, 11) is 0. The minimum atomic E-state index is -0.109. The van der Waals surface area contributed by atoms with Gasteiger partial charge in [0.1, 0.15) is 5.75 Å². The molecule has 0 saturated carbocycles. The van der Waals surface area contributed by atoms with E-state index in [1.165, 1.54) is 17.3 Å². The second-order valence-corrected chi connectivity index (χ2v) is 8.76. The lowest BCUT2D eigenvalue weighted by Gasteiger charge is -2.11. The molecule has 0 bridgehead atoms. The third-order valence-corrected chi connectivity index (χ3v) is 6.42. The van der Waals surface area contributed by atoms with Gasteiger partial charge in [0.15, 0.2) is 10.9 Å². The van der Waals surface area contributed by atoms with Gasteiger partial charge in [0.05, 0.1) is 24.3 Å². The number of carbonyl (C=O) groups is 1. The molecule has 0 aliphatic heterocycles. The minimum absolute atomic E-state index is 0.109. The second-order valence-electron chi connectivity index (χ2n) is 7.81. The van der Waals surface area contributed by atoms with E-state index < -0.39 is 0 Å². The fourth-order valence-electron chi connectivity index (χ4n) is 3.48. The number of thioether (sulfide) groups is 1. The highest BCUT2D eigenvalue weighted by atomic mass is 32.2.